The number of aliphatic carboxylic acids is 1. The molecule has 1 aliphatic carbocycles. The highest BCUT2D eigenvalue weighted by molar-refractivity contribution is 5.74. The standard InChI is InChI=1S/C16H22N2O3/c1-11(8-15(19)20)10-17-16(21)18-14-7-6-12-4-2-3-5-13(12)9-14/h2-5,11,14H,6-10H2,1H3,(H,19,20)(H2,17,18,21). The maximum atomic E-state index is 11.8. The van der Waals surface area contributed by atoms with Crippen LogP contribution < -0.4 is 10.6 Å². The first kappa shape index (κ1) is 15.4. The Bertz CT molecular complexity index is 516. The van der Waals surface area contributed by atoms with Crippen LogP contribution in [-0.2, 0) is 17.6 Å². The molecular formula is C16H22N2O3. The number of carboxylic acids is 1. The van der Waals surface area contributed by atoms with Gasteiger partial charge in [0.2, 0.25) is 0 Å². The fraction of sp³-hybridized carbons (Fsp3) is 0.500. The summed E-state index contributed by atoms with van der Waals surface area (Å²) < 4.78 is 0. The van der Waals surface area contributed by atoms with E-state index in [1.807, 2.05) is 19.1 Å². The third-order valence-corrected chi connectivity index (χ3v) is 3.82. The highest BCUT2D eigenvalue weighted by Crippen LogP contribution is 2.20. The van der Waals surface area contributed by atoms with Crippen molar-refractivity contribution in [2.24, 2.45) is 5.92 Å². The highest BCUT2D eigenvalue weighted by atomic mass is 16.4. The van der Waals surface area contributed by atoms with Gasteiger partial charge in [0.1, 0.15) is 0 Å². The van der Waals surface area contributed by atoms with Crippen molar-refractivity contribution in [2.45, 2.75) is 38.6 Å². The van der Waals surface area contributed by atoms with Gasteiger partial charge in [0.25, 0.3) is 0 Å². The van der Waals surface area contributed by atoms with E-state index < -0.39 is 5.97 Å². The van der Waals surface area contributed by atoms with E-state index in [1.54, 1.807) is 0 Å². The van der Waals surface area contributed by atoms with E-state index in [4.69, 9.17) is 5.11 Å². The van der Waals surface area contributed by atoms with E-state index in [9.17, 15) is 9.59 Å². The summed E-state index contributed by atoms with van der Waals surface area (Å²) in [6, 6.07) is 8.25. The van der Waals surface area contributed by atoms with E-state index in [2.05, 4.69) is 22.8 Å². The zero-order valence-corrected chi connectivity index (χ0v) is 12.3. The molecule has 2 rings (SSSR count). The number of urea groups is 1. The fourth-order valence-electron chi connectivity index (χ4n) is 2.69. The first-order chi connectivity index (χ1) is 10.0. The van der Waals surface area contributed by atoms with Crippen LogP contribution in [0, 0.1) is 5.92 Å². The van der Waals surface area contributed by atoms with E-state index in [0.29, 0.717) is 6.54 Å². The lowest BCUT2D eigenvalue weighted by Gasteiger charge is -2.25. The van der Waals surface area contributed by atoms with Gasteiger partial charge in [0, 0.05) is 19.0 Å². The number of carbonyl (C=O) groups is 2. The van der Waals surface area contributed by atoms with Gasteiger partial charge in [-0.3, -0.25) is 4.79 Å². The topological polar surface area (TPSA) is 78.4 Å². The van der Waals surface area contributed by atoms with Crippen molar-refractivity contribution < 1.29 is 14.7 Å². The molecule has 0 fully saturated rings. The van der Waals surface area contributed by atoms with Gasteiger partial charge in [-0.15, -0.1) is 0 Å². The van der Waals surface area contributed by atoms with Crippen molar-refractivity contribution >= 4 is 12.0 Å². The van der Waals surface area contributed by atoms with Crippen LogP contribution in [0.25, 0.3) is 0 Å². The number of amides is 2. The monoisotopic (exact) mass is 290 g/mol. The number of hydrogen-bond donors (Lipinski definition) is 3. The second kappa shape index (κ2) is 7.11. The Morgan fingerprint density at radius 2 is 2.05 bits per heavy atom. The van der Waals surface area contributed by atoms with Gasteiger partial charge in [-0.1, -0.05) is 31.2 Å². The van der Waals surface area contributed by atoms with Crippen LogP contribution in [0.2, 0.25) is 0 Å². The Kier molecular flexibility index (Phi) is 5.20. The third kappa shape index (κ3) is 4.77. The molecule has 2 amide bonds. The van der Waals surface area contributed by atoms with Gasteiger partial charge in [-0.25, -0.2) is 4.79 Å². The van der Waals surface area contributed by atoms with E-state index in [0.717, 1.165) is 19.3 Å². The van der Waals surface area contributed by atoms with Crippen LogP contribution in [0.1, 0.15) is 30.9 Å². The second-order valence-corrected chi connectivity index (χ2v) is 5.77. The lowest BCUT2D eigenvalue weighted by atomic mass is 9.88. The van der Waals surface area contributed by atoms with E-state index in [-0.39, 0.29) is 24.4 Å². The van der Waals surface area contributed by atoms with Crippen molar-refractivity contribution in [2.75, 3.05) is 6.54 Å². The average Bonchev–Trinajstić information content (AvgIpc) is 2.44. The molecule has 0 bridgehead atoms. The second-order valence-electron chi connectivity index (χ2n) is 5.77. The molecule has 3 N–H and O–H groups in total. The smallest absolute Gasteiger partial charge is 0.315 e. The molecule has 0 saturated carbocycles. The molecule has 1 aromatic carbocycles. The molecule has 0 aromatic heterocycles. The Morgan fingerprint density at radius 1 is 1.33 bits per heavy atom. The predicted octanol–water partition coefficient (Wildman–Crippen LogP) is 1.95. The van der Waals surface area contributed by atoms with Crippen molar-refractivity contribution in [3.05, 3.63) is 35.4 Å². The molecule has 0 heterocycles. The van der Waals surface area contributed by atoms with Crippen molar-refractivity contribution in [1.29, 1.82) is 0 Å². The van der Waals surface area contributed by atoms with Crippen LogP contribution in [0.5, 0.6) is 0 Å². The minimum Gasteiger partial charge on any atom is -0.481 e. The Balaban J connectivity index is 1.75. The third-order valence-electron chi connectivity index (χ3n) is 3.82. The highest BCUT2D eigenvalue weighted by Gasteiger charge is 2.20. The Labute approximate surface area is 124 Å². The molecule has 0 saturated heterocycles. The number of carboxylic acid groups (broad SMARTS) is 1. The molecule has 0 spiro atoms. The van der Waals surface area contributed by atoms with Crippen LogP contribution >= 0.6 is 0 Å². The van der Waals surface area contributed by atoms with Gasteiger partial charge >= 0.3 is 12.0 Å². The van der Waals surface area contributed by atoms with Crippen molar-refractivity contribution in [1.82, 2.24) is 10.6 Å². The lowest BCUT2D eigenvalue weighted by molar-refractivity contribution is -0.137. The molecule has 5 nitrogen and oxygen atoms in total. The maximum Gasteiger partial charge on any atom is 0.315 e. The summed E-state index contributed by atoms with van der Waals surface area (Å²) in [5.74, 6) is -0.908. The van der Waals surface area contributed by atoms with Crippen molar-refractivity contribution in [3.8, 4) is 0 Å². The van der Waals surface area contributed by atoms with Gasteiger partial charge in [0.15, 0.2) is 0 Å². The van der Waals surface area contributed by atoms with Gasteiger partial charge in [-0.05, 0) is 36.3 Å². The first-order valence-electron chi connectivity index (χ1n) is 7.37. The fourth-order valence-corrected chi connectivity index (χ4v) is 2.69. The van der Waals surface area contributed by atoms with Gasteiger partial charge in [-0.2, -0.15) is 0 Å². The SMILES string of the molecule is CC(CNC(=O)NC1CCc2ccccc2C1)CC(=O)O. The van der Waals surface area contributed by atoms with Gasteiger partial charge in [0.05, 0.1) is 0 Å². The van der Waals surface area contributed by atoms with Crippen LogP contribution in [0.4, 0.5) is 4.79 Å². The van der Waals surface area contributed by atoms with Crippen LogP contribution in [0.3, 0.4) is 0 Å². The summed E-state index contributed by atoms with van der Waals surface area (Å²) in [7, 11) is 0. The molecule has 1 aromatic rings. The summed E-state index contributed by atoms with van der Waals surface area (Å²) >= 11 is 0. The van der Waals surface area contributed by atoms with Gasteiger partial charge < -0.3 is 15.7 Å². The Hall–Kier alpha value is -2.04. The summed E-state index contributed by atoms with van der Waals surface area (Å²) in [5.41, 5.74) is 2.67. The number of benzene rings is 1. The zero-order chi connectivity index (χ0) is 15.2. The average molecular weight is 290 g/mol. The summed E-state index contributed by atoms with van der Waals surface area (Å²) in [6.07, 6.45) is 2.84. The molecule has 1 aliphatic rings. The Morgan fingerprint density at radius 3 is 2.76 bits per heavy atom. The predicted molar refractivity (Wildman–Crippen MR) is 80.2 cm³/mol. The number of carbonyl (C=O) groups excluding carboxylic acids is 1. The number of fused-ring (bicyclic) bond motifs is 1. The summed E-state index contributed by atoms with van der Waals surface area (Å²) in [4.78, 5) is 22.4. The quantitative estimate of drug-likeness (QED) is 0.775. The molecule has 2 atom stereocenters. The molecule has 2 unspecified atom stereocenters. The molecule has 114 valence electrons. The summed E-state index contributed by atoms with van der Waals surface area (Å²) in [6.45, 7) is 2.19. The molecular weight excluding hydrogens is 268 g/mol. The zero-order valence-electron chi connectivity index (χ0n) is 12.3. The minimum atomic E-state index is -0.839. The molecule has 21 heavy (non-hydrogen) atoms. The minimum absolute atomic E-state index is 0.0666. The van der Waals surface area contributed by atoms with Crippen molar-refractivity contribution in [3.63, 3.8) is 0 Å². The number of hydrogen-bond acceptors (Lipinski definition) is 2. The number of rotatable bonds is 5. The normalized spacial score (nSPS) is 18.4. The molecule has 5 heteroatoms. The first-order valence-corrected chi connectivity index (χ1v) is 7.37. The molecule has 0 radical (unpaired) electrons. The molecule has 0 aliphatic heterocycles. The lowest BCUT2D eigenvalue weighted by Crippen LogP contribution is -2.45. The van der Waals surface area contributed by atoms with Crippen LogP contribution in [0.15, 0.2) is 24.3 Å². The van der Waals surface area contributed by atoms with E-state index in [1.165, 1.54) is 11.1 Å². The largest absolute Gasteiger partial charge is 0.481 e. The van der Waals surface area contributed by atoms with Crippen LogP contribution in [-0.4, -0.2) is 29.7 Å². The summed E-state index contributed by atoms with van der Waals surface area (Å²) in [5, 5.41) is 14.4. The maximum absolute atomic E-state index is 11.8. The number of nitrogens with one attached hydrogen (secondary N) is 2. The number of aryl methyl sites for hydroxylation is 1. The van der Waals surface area contributed by atoms with E-state index >= 15 is 0 Å².